The number of carbonyl (C=O) groups is 2. The maximum atomic E-state index is 12.5. The van der Waals surface area contributed by atoms with E-state index in [9.17, 15) is 19.8 Å². The summed E-state index contributed by atoms with van der Waals surface area (Å²) in [5, 5.41) is 23.3. The van der Waals surface area contributed by atoms with Crippen molar-refractivity contribution < 1.29 is 24.5 Å². The van der Waals surface area contributed by atoms with Gasteiger partial charge in [0.05, 0.1) is 25.4 Å². The Hall–Kier alpha value is -1.66. The molecule has 0 heterocycles. The van der Waals surface area contributed by atoms with E-state index in [4.69, 9.17) is 4.74 Å². The number of rotatable bonds is 68. The smallest absolute Gasteiger partial charge is 0.305 e. The standard InChI is InChI=1S/C73H141NO5/c1-3-5-7-9-11-13-15-17-19-21-22-23-24-25-26-27-30-34-37-41-45-49-53-57-61-65-71(76)70(69-75)74-72(77)66-62-58-54-50-46-42-38-35-31-28-29-32-36-40-44-48-52-56-60-64-68-79-73(78)67-63-59-55-51-47-43-39-33-20-18-16-14-12-10-8-6-4-2/h28,31,61,65,70-71,75-76H,3-27,29-30,32-60,62-64,66-69H2,1-2H3,(H,74,77)/b31-28-,65-61+. The second-order valence-electron chi connectivity index (χ2n) is 24.9. The quantitative estimate of drug-likeness (QED) is 0.0320. The van der Waals surface area contributed by atoms with E-state index in [1.807, 2.05) is 6.08 Å². The molecule has 0 aromatic carbocycles. The van der Waals surface area contributed by atoms with Crippen molar-refractivity contribution in [3.8, 4) is 0 Å². The Balaban J connectivity index is 3.44. The van der Waals surface area contributed by atoms with Crippen molar-refractivity contribution in [3.63, 3.8) is 0 Å². The Labute approximate surface area is 494 Å². The normalized spacial score (nSPS) is 12.6. The summed E-state index contributed by atoms with van der Waals surface area (Å²) >= 11 is 0. The van der Waals surface area contributed by atoms with Crippen LogP contribution in [0, 0.1) is 0 Å². The Bertz CT molecular complexity index is 1230. The maximum absolute atomic E-state index is 12.5. The monoisotopic (exact) mass is 1110 g/mol. The first kappa shape index (κ1) is 77.3. The van der Waals surface area contributed by atoms with Crippen molar-refractivity contribution in [1.29, 1.82) is 0 Å². The number of nitrogens with one attached hydrogen (secondary N) is 1. The van der Waals surface area contributed by atoms with Crippen molar-refractivity contribution >= 4 is 11.9 Å². The van der Waals surface area contributed by atoms with Crippen LogP contribution in [0.1, 0.15) is 406 Å². The van der Waals surface area contributed by atoms with Crippen LogP contribution >= 0.6 is 0 Å². The molecule has 0 bridgehead atoms. The van der Waals surface area contributed by atoms with Gasteiger partial charge in [0, 0.05) is 12.8 Å². The van der Waals surface area contributed by atoms with Gasteiger partial charge in [-0.3, -0.25) is 9.59 Å². The third kappa shape index (κ3) is 65.4. The van der Waals surface area contributed by atoms with Crippen LogP contribution in [0.4, 0.5) is 0 Å². The summed E-state index contributed by atoms with van der Waals surface area (Å²) in [6.07, 6.45) is 86.8. The van der Waals surface area contributed by atoms with Crippen LogP contribution in [0.3, 0.4) is 0 Å². The number of aliphatic hydroxyl groups excluding tert-OH is 2. The topological polar surface area (TPSA) is 95.9 Å². The molecule has 0 aliphatic rings. The van der Waals surface area contributed by atoms with Gasteiger partial charge in [0.15, 0.2) is 0 Å². The second kappa shape index (κ2) is 68.8. The van der Waals surface area contributed by atoms with Crippen molar-refractivity contribution in [2.75, 3.05) is 13.2 Å². The molecule has 79 heavy (non-hydrogen) atoms. The Morgan fingerprint density at radius 3 is 0.899 bits per heavy atom. The predicted octanol–water partition coefficient (Wildman–Crippen LogP) is 23.3. The lowest BCUT2D eigenvalue weighted by Gasteiger charge is -2.20. The van der Waals surface area contributed by atoms with Crippen LogP contribution in [-0.2, 0) is 14.3 Å². The minimum Gasteiger partial charge on any atom is -0.466 e. The lowest BCUT2D eigenvalue weighted by molar-refractivity contribution is -0.143. The van der Waals surface area contributed by atoms with Gasteiger partial charge >= 0.3 is 5.97 Å². The zero-order valence-corrected chi connectivity index (χ0v) is 53.6. The molecule has 0 aromatic heterocycles. The first-order valence-corrected chi connectivity index (χ1v) is 36.1. The van der Waals surface area contributed by atoms with Crippen molar-refractivity contribution in [3.05, 3.63) is 24.3 Å². The molecule has 0 radical (unpaired) electrons. The van der Waals surface area contributed by atoms with E-state index in [2.05, 4.69) is 31.3 Å². The fourth-order valence-electron chi connectivity index (χ4n) is 11.5. The fraction of sp³-hybridized carbons (Fsp3) is 0.918. The highest BCUT2D eigenvalue weighted by Crippen LogP contribution is 2.19. The van der Waals surface area contributed by atoms with Crippen LogP contribution in [0.25, 0.3) is 0 Å². The molecule has 0 rings (SSSR count). The van der Waals surface area contributed by atoms with Gasteiger partial charge < -0.3 is 20.3 Å². The zero-order valence-electron chi connectivity index (χ0n) is 53.6. The van der Waals surface area contributed by atoms with E-state index in [1.54, 1.807) is 6.08 Å². The van der Waals surface area contributed by atoms with Crippen LogP contribution in [0.15, 0.2) is 24.3 Å². The molecule has 0 aliphatic heterocycles. The molecule has 0 spiro atoms. The Kier molecular flexibility index (Phi) is 67.4. The van der Waals surface area contributed by atoms with Gasteiger partial charge in [0.25, 0.3) is 0 Å². The molecule has 0 saturated carbocycles. The lowest BCUT2D eigenvalue weighted by Crippen LogP contribution is -2.45. The number of carbonyl (C=O) groups excluding carboxylic acids is 2. The van der Waals surface area contributed by atoms with E-state index in [0.717, 1.165) is 44.9 Å². The van der Waals surface area contributed by atoms with Crippen molar-refractivity contribution in [1.82, 2.24) is 5.32 Å². The number of hydrogen-bond acceptors (Lipinski definition) is 5. The summed E-state index contributed by atoms with van der Waals surface area (Å²) in [7, 11) is 0. The molecule has 0 aliphatic carbocycles. The Morgan fingerprint density at radius 1 is 0.342 bits per heavy atom. The summed E-state index contributed by atoms with van der Waals surface area (Å²) in [5.74, 6) is -0.0614. The summed E-state index contributed by atoms with van der Waals surface area (Å²) in [6.45, 7) is 4.94. The number of ether oxygens (including phenoxy) is 1. The third-order valence-corrected chi connectivity index (χ3v) is 17.0. The maximum Gasteiger partial charge on any atom is 0.305 e. The Morgan fingerprint density at radius 2 is 0.595 bits per heavy atom. The average molecular weight is 1110 g/mol. The molecule has 468 valence electrons. The first-order chi connectivity index (χ1) is 39.0. The third-order valence-electron chi connectivity index (χ3n) is 17.0. The second-order valence-corrected chi connectivity index (χ2v) is 24.9. The van der Waals surface area contributed by atoms with Gasteiger partial charge in [-0.05, 0) is 57.8 Å². The van der Waals surface area contributed by atoms with Gasteiger partial charge in [-0.15, -0.1) is 0 Å². The van der Waals surface area contributed by atoms with E-state index >= 15 is 0 Å². The molecule has 6 nitrogen and oxygen atoms in total. The molecule has 0 fully saturated rings. The van der Waals surface area contributed by atoms with E-state index in [-0.39, 0.29) is 18.5 Å². The van der Waals surface area contributed by atoms with Crippen LogP contribution in [0.5, 0.6) is 0 Å². The first-order valence-electron chi connectivity index (χ1n) is 36.1. The minimum atomic E-state index is -0.852. The number of aliphatic hydroxyl groups is 2. The minimum absolute atomic E-state index is 0.0106. The summed E-state index contributed by atoms with van der Waals surface area (Å²) in [4.78, 5) is 24.6. The molecule has 0 saturated heterocycles. The molecule has 2 unspecified atom stereocenters. The molecule has 1 amide bonds. The van der Waals surface area contributed by atoms with Crippen LogP contribution in [-0.4, -0.2) is 47.4 Å². The highest BCUT2D eigenvalue weighted by molar-refractivity contribution is 5.76. The molecular weight excluding hydrogens is 971 g/mol. The van der Waals surface area contributed by atoms with Crippen molar-refractivity contribution in [2.24, 2.45) is 0 Å². The largest absolute Gasteiger partial charge is 0.466 e. The summed E-state index contributed by atoms with van der Waals surface area (Å²) < 4.78 is 5.50. The fourth-order valence-corrected chi connectivity index (χ4v) is 11.5. The van der Waals surface area contributed by atoms with Gasteiger partial charge in [-0.2, -0.15) is 0 Å². The summed E-state index contributed by atoms with van der Waals surface area (Å²) in [6, 6.07) is -0.636. The summed E-state index contributed by atoms with van der Waals surface area (Å²) in [5.41, 5.74) is 0. The number of esters is 1. The van der Waals surface area contributed by atoms with Gasteiger partial charge in [0.2, 0.25) is 5.91 Å². The van der Waals surface area contributed by atoms with Gasteiger partial charge in [0.1, 0.15) is 0 Å². The SMILES string of the molecule is CCCCCCCCCCCCCCCCCCCCCCCCC/C=C/C(O)C(CO)NC(=O)CCCCCCCCC/C=C\CCCCCCCCCCCOC(=O)CCCCCCCCCCCCCCCCCCC. The molecule has 0 aromatic rings. The lowest BCUT2D eigenvalue weighted by atomic mass is 10.0. The van der Waals surface area contributed by atoms with Gasteiger partial charge in [-0.25, -0.2) is 0 Å². The number of amides is 1. The van der Waals surface area contributed by atoms with E-state index in [1.165, 1.54) is 334 Å². The van der Waals surface area contributed by atoms with Crippen molar-refractivity contribution in [2.45, 2.75) is 418 Å². The molecule has 2 atom stereocenters. The number of unbranched alkanes of at least 4 members (excludes halogenated alkanes) is 55. The highest BCUT2D eigenvalue weighted by atomic mass is 16.5. The number of allylic oxidation sites excluding steroid dienone is 3. The molecule has 3 N–H and O–H groups in total. The number of hydrogen-bond donors (Lipinski definition) is 3. The van der Waals surface area contributed by atoms with E-state index in [0.29, 0.717) is 19.4 Å². The molecular formula is C73H141NO5. The van der Waals surface area contributed by atoms with Gasteiger partial charge in [-0.1, -0.05) is 359 Å². The van der Waals surface area contributed by atoms with E-state index < -0.39 is 12.1 Å². The van der Waals surface area contributed by atoms with Crippen LogP contribution in [0.2, 0.25) is 0 Å². The highest BCUT2D eigenvalue weighted by Gasteiger charge is 2.18. The molecule has 6 heteroatoms. The zero-order chi connectivity index (χ0) is 57.1. The van der Waals surface area contributed by atoms with Crippen LogP contribution < -0.4 is 5.32 Å². The average Bonchev–Trinajstić information content (AvgIpc) is 3.45. The predicted molar refractivity (Wildman–Crippen MR) is 347 cm³/mol.